The fraction of sp³-hybridized carbons (Fsp3) is 0.250. The van der Waals surface area contributed by atoms with E-state index in [2.05, 4.69) is 0 Å². The summed E-state index contributed by atoms with van der Waals surface area (Å²) in [5.74, 6) is 2.32. The molecule has 0 fully saturated rings. The first-order chi connectivity index (χ1) is 17.7. The standard InChI is InChI=1S/C28H31N3O5S/c1-20(2)30(37(32,33)26-17-15-24(35-5)16-18-26)19-27-21(3)29-31(22-9-7-6-8-10-22)28(27)36-25-13-11-23(34-4)12-14-25/h6-18,20H,19H2,1-5H3. The average Bonchev–Trinajstić information content (AvgIpc) is 3.22. The molecule has 0 spiro atoms. The Balaban J connectivity index is 1.78. The Hall–Kier alpha value is -3.82. The third-order valence-electron chi connectivity index (χ3n) is 5.97. The van der Waals surface area contributed by atoms with Crippen LogP contribution in [0.3, 0.4) is 0 Å². The predicted octanol–water partition coefficient (Wildman–Crippen LogP) is 5.59. The fourth-order valence-electron chi connectivity index (χ4n) is 3.91. The van der Waals surface area contributed by atoms with Crippen LogP contribution in [0.1, 0.15) is 25.1 Å². The van der Waals surface area contributed by atoms with Crippen LogP contribution in [-0.4, -0.2) is 42.8 Å². The van der Waals surface area contributed by atoms with Gasteiger partial charge in [0.1, 0.15) is 17.2 Å². The van der Waals surface area contributed by atoms with Crippen molar-refractivity contribution in [3.8, 4) is 28.8 Å². The first kappa shape index (κ1) is 26.2. The van der Waals surface area contributed by atoms with E-state index < -0.39 is 10.0 Å². The maximum Gasteiger partial charge on any atom is 0.243 e. The summed E-state index contributed by atoms with van der Waals surface area (Å²) in [5.41, 5.74) is 2.14. The van der Waals surface area contributed by atoms with Crippen molar-refractivity contribution >= 4 is 10.0 Å². The molecular weight excluding hydrogens is 490 g/mol. The summed E-state index contributed by atoms with van der Waals surface area (Å²) in [7, 11) is -0.680. The van der Waals surface area contributed by atoms with Gasteiger partial charge in [-0.3, -0.25) is 0 Å². The van der Waals surface area contributed by atoms with Crippen LogP contribution in [-0.2, 0) is 16.6 Å². The Bertz CT molecular complexity index is 1430. The van der Waals surface area contributed by atoms with Crippen molar-refractivity contribution in [3.63, 3.8) is 0 Å². The minimum Gasteiger partial charge on any atom is -0.497 e. The van der Waals surface area contributed by atoms with Gasteiger partial charge in [0.25, 0.3) is 0 Å². The molecule has 4 rings (SSSR count). The number of aromatic nitrogens is 2. The Labute approximate surface area is 218 Å². The first-order valence-electron chi connectivity index (χ1n) is 11.9. The molecule has 0 saturated carbocycles. The third kappa shape index (κ3) is 5.63. The van der Waals surface area contributed by atoms with Gasteiger partial charge in [-0.15, -0.1) is 0 Å². The minimum atomic E-state index is -3.83. The number of hydrogen-bond acceptors (Lipinski definition) is 6. The largest absolute Gasteiger partial charge is 0.497 e. The van der Waals surface area contributed by atoms with Crippen molar-refractivity contribution < 1.29 is 22.6 Å². The van der Waals surface area contributed by atoms with E-state index in [1.807, 2.05) is 51.1 Å². The molecule has 0 unspecified atom stereocenters. The van der Waals surface area contributed by atoms with Crippen LogP contribution >= 0.6 is 0 Å². The highest BCUT2D eigenvalue weighted by molar-refractivity contribution is 7.89. The molecule has 0 bridgehead atoms. The molecule has 1 aromatic heterocycles. The van der Waals surface area contributed by atoms with E-state index in [0.717, 1.165) is 5.69 Å². The lowest BCUT2D eigenvalue weighted by Gasteiger charge is -2.26. The number of para-hydroxylation sites is 1. The van der Waals surface area contributed by atoms with Crippen molar-refractivity contribution in [2.24, 2.45) is 0 Å². The van der Waals surface area contributed by atoms with Crippen LogP contribution in [0.5, 0.6) is 23.1 Å². The highest BCUT2D eigenvalue weighted by Gasteiger charge is 2.31. The monoisotopic (exact) mass is 521 g/mol. The maximum atomic E-state index is 13.7. The van der Waals surface area contributed by atoms with Gasteiger partial charge in [-0.2, -0.15) is 9.40 Å². The predicted molar refractivity (Wildman–Crippen MR) is 142 cm³/mol. The van der Waals surface area contributed by atoms with Gasteiger partial charge in [-0.25, -0.2) is 13.1 Å². The van der Waals surface area contributed by atoms with Gasteiger partial charge in [0.15, 0.2) is 0 Å². The number of rotatable bonds is 10. The third-order valence-corrected chi connectivity index (χ3v) is 8.00. The molecule has 8 nitrogen and oxygen atoms in total. The van der Waals surface area contributed by atoms with E-state index in [1.54, 1.807) is 67.4 Å². The van der Waals surface area contributed by atoms with E-state index >= 15 is 0 Å². The van der Waals surface area contributed by atoms with Crippen molar-refractivity contribution in [2.75, 3.05) is 14.2 Å². The number of nitrogens with zero attached hydrogens (tertiary/aromatic N) is 3. The van der Waals surface area contributed by atoms with E-state index in [9.17, 15) is 8.42 Å². The topological polar surface area (TPSA) is 82.9 Å². The molecule has 0 radical (unpaired) electrons. The Morgan fingerprint density at radius 1 is 0.838 bits per heavy atom. The van der Waals surface area contributed by atoms with Gasteiger partial charge in [0.05, 0.1) is 36.1 Å². The molecule has 0 amide bonds. The zero-order valence-electron chi connectivity index (χ0n) is 21.6. The van der Waals surface area contributed by atoms with Crippen LogP contribution in [0.25, 0.3) is 5.69 Å². The minimum absolute atomic E-state index is 0.0795. The number of sulfonamides is 1. The molecule has 0 aliphatic rings. The number of ether oxygens (including phenoxy) is 3. The molecule has 1 heterocycles. The lowest BCUT2D eigenvalue weighted by atomic mass is 10.2. The molecule has 0 aliphatic carbocycles. The van der Waals surface area contributed by atoms with Gasteiger partial charge >= 0.3 is 0 Å². The van der Waals surface area contributed by atoms with Gasteiger partial charge < -0.3 is 14.2 Å². The van der Waals surface area contributed by atoms with E-state index in [-0.39, 0.29) is 17.5 Å². The first-order valence-corrected chi connectivity index (χ1v) is 13.3. The van der Waals surface area contributed by atoms with Crippen molar-refractivity contribution in [1.82, 2.24) is 14.1 Å². The molecule has 194 valence electrons. The fourth-order valence-corrected chi connectivity index (χ4v) is 5.51. The molecule has 0 saturated heterocycles. The second-order valence-corrected chi connectivity index (χ2v) is 10.6. The molecule has 0 N–H and O–H groups in total. The lowest BCUT2D eigenvalue weighted by molar-refractivity contribution is 0.340. The van der Waals surface area contributed by atoms with Gasteiger partial charge in [0.2, 0.25) is 15.9 Å². The van der Waals surface area contributed by atoms with Crippen LogP contribution in [0.15, 0.2) is 83.8 Å². The van der Waals surface area contributed by atoms with Gasteiger partial charge in [0, 0.05) is 12.6 Å². The molecule has 37 heavy (non-hydrogen) atoms. The number of benzene rings is 3. The zero-order chi connectivity index (χ0) is 26.6. The number of aryl methyl sites for hydroxylation is 1. The summed E-state index contributed by atoms with van der Waals surface area (Å²) in [5, 5.41) is 4.73. The second kappa shape index (κ2) is 11.1. The summed E-state index contributed by atoms with van der Waals surface area (Å²) < 4.78 is 47.4. The quantitative estimate of drug-likeness (QED) is 0.271. The summed E-state index contributed by atoms with van der Waals surface area (Å²) in [6.07, 6.45) is 0. The highest BCUT2D eigenvalue weighted by Crippen LogP contribution is 2.34. The Kier molecular flexibility index (Phi) is 7.85. The Morgan fingerprint density at radius 3 is 1.92 bits per heavy atom. The summed E-state index contributed by atoms with van der Waals surface area (Å²) in [4.78, 5) is 0.188. The van der Waals surface area contributed by atoms with Crippen LogP contribution in [0.2, 0.25) is 0 Å². The second-order valence-electron chi connectivity index (χ2n) is 8.71. The maximum absolute atomic E-state index is 13.7. The zero-order valence-corrected chi connectivity index (χ0v) is 22.4. The van der Waals surface area contributed by atoms with Crippen LogP contribution in [0.4, 0.5) is 0 Å². The molecule has 3 aromatic carbocycles. The Morgan fingerprint density at radius 2 is 1.38 bits per heavy atom. The lowest BCUT2D eigenvalue weighted by Crippen LogP contribution is -2.36. The van der Waals surface area contributed by atoms with Crippen LogP contribution in [0, 0.1) is 6.92 Å². The highest BCUT2D eigenvalue weighted by atomic mass is 32.2. The summed E-state index contributed by atoms with van der Waals surface area (Å²) in [6.45, 7) is 5.63. The normalized spacial score (nSPS) is 11.6. The SMILES string of the molecule is COc1ccc(Oc2c(CN(C(C)C)S(=O)(=O)c3ccc(OC)cc3)c(C)nn2-c2ccccc2)cc1. The van der Waals surface area contributed by atoms with E-state index in [0.29, 0.717) is 34.4 Å². The smallest absolute Gasteiger partial charge is 0.243 e. The molecule has 4 aromatic rings. The van der Waals surface area contributed by atoms with E-state index in [4.69, 9.17) is 19.3 Å². The molecular formula is C28H31N3O5S. The van der Waals surface area contributed by atoms with Crippen LogP contribution < -0.4 is 14.2 Å². The van der Waals surface area contributed by atoms with E-state index in [1.165, 1.54) is 4.31 Å². The average molecular weight is 522 g/mol. The van der Waals surface area contributed by atoms with Crippen molar-refractivity contribution in [1.29, 1.82) is 0 Å². The summed E-state index contributed by atoms with van der Waals surface area (Å²) in [6, 6.07) is 22.9. The van der Waals surface area contributed by atoms with Gasteiger partial charge in [-0.05, 0) is 81.4 Å². The van der Waals surface area contributed by atoms with Gasteiger partial charge in [-0.1, -0.05) is 18.2 Å². The van der Waals surface area contributed by atoms with Crippen molar-refractivity contribution in [2.45, 2.75) is 38.3 Å². The molecule has 9 heteroatoms. The van der Waals surface area contributed by atoms with Crippen molar-refractivity contribution in [3.05, 3.63) is 90.1 Å². The number of hydrogen-bond donors (Lipinski definition) is 0. The molecule has 0 aliphatic heterocycles. The number of methoxy groups -OCH3 is 2. The summed E-state index contributed by atoms with van der Waals surface area (Å²) >= 11 is 0. The molecule has 0 atom stereocenters.